The van der Waals surface area contributed by atoms with Gasteiger partial charge in [-0.25, -0.2) is 4.98 Å². The average Bonchev–Trinajstić information content (AvgIpc) is 3.02. The molecule has 0 aromatic carbocycles. The van der Waals surface area contributed by atoms with Crippen LogP contribution >= 0.6 is 15.9 Å². The van der Waals surface area contributed by atoms with E-state index in [0.29, 0.717) is 6.04 Å². The molecule has 0 spiro atoms. The summed E-state index contributed by atoms with van der Waals surface area (Å²) < 4.78 is 5.41. The molecule has 0 aliphatic heterocycles. The summed E-state index contributed by atoms with van der Waals surface area (Å²) in [5, 5.41) is 2.09. The Balaban J connectivity index is 2.04. The maximum atomic E-state index is 5.41. The third kappa shape index (κ3) is 1.71. The van der Waals surface area contributed by atoms with E-state index in [2.05, 4.69) is 25.8 Å². The second-order valence-electron chi connectivity index (χ2n) is 4.08. The quantitative estimate of drug-likeness (QED) is 0.806. The molecule has 2 aromatic heterocycles. The van der Waals surface area contributed by atoms with Crippen LogP contribution in [-0.2, 0) is 0 Å². The average molecular weight is 281 g/mol. The number of anilines is 1. The summed E-state index contributed by atoms with van der Waals surface area (Å²) in [5.41, 5.74) is 0.922. The topological polar surface area (TPSA) is 29.3 Å². The van der Waals surface area contributed by atoms with Crippen molar-refractivity contribution >= 4 is 32.7 Å². The van der Waals surface area contributed by atoms with Crippen LogP contribution in [0.1, 0.15) is 12.8 Å². The molecule has 2 aromatic rings. The predicted molar refractivity (Wildman–Crippen MR) is 68.2 cm³/mol. The van der Waals surface area contributed by atoms with E-state index in [0.717, 1.165) is 28.7 Å². The van der Waals surface area contributed by atoms with E-state index < -0.39 is 0 Å². The zero-order valence-electron chi connectivity index (χ0n) is 8.90. The number of furan rings is 1. The summed E-state index contributed by atoms with van der Waals surface area (Å²) in [5.74, 6) is 1.06. The van der Waals surface area contributed by atoms with Gasteiger partial charge in [0.2, 0.25) is 0 Å². The van der Waals surface area contributed by atoms with Crippen LogP contribution in [-0.4, -0.2) is 22.9 Å². The molecule has 0 N–H and O–H groups in total. The van der Waals surface area contributed by atoms with Crippen molar-refractivity contribution in [3.05, 3.63) is 24.6 Å². The lowest BCUT2D eigenvalue weighted by atomic mass is 10.3. The lowest BCUT2D eigenvalue weighted by Gasteiger charge is -2.22. The molecule has 1 aliphatic rings. The summed E-state index contributed by atoms with van der Waals surface area (Å²) in [6, 6.07) is 4.59. The van der Waals surface area contributed by atoms with Crippen molar-refractivity contribution in [2.24, 2.45) is 0 Å². The Bertz CT molecular complexity index is 492. The molecule has 0 atom stereocenters. The van der Waals surface area contributed by atoms with E-state index in [4.69, 9.17) is 4.42 Å². The van der Waals surface area contributed by atoms with Gasteiger partial charge in [0.1, 0.15) is 11.4 Å². The first-order valence-electron chi connectivity index (χ1n) is 5.55. The molecule has 0 unspecified atom stereocenters. The Morgan fingerprint density at radius 1 is 1.44 bits per heavy atom. The molecule has 0 amide bonds. The lowest BCUT2D eigenvalue weighted by molar-refractivity contribution is 0.615. The highest BCUT2D eigenvalue weighted by Gasteiger charge is 2.30. The van der Waals surface area contributed by atoms with Crippen molar-refractivity contribution in [1.29, 1.82) is 0 Å². The molecular weight excluding hydrogens is 268 g/mol. The van der Waals surface area contributed by atoms with Crippen molar-refractivity contribution in [3.8, 4) is 0 Å². The second-order valence-corrected chi connectivity index (χ2v) is 4.87. The monoisotopic (exact) mass is 280 g/mol. The van der Waals surface area contributed by atoms with Gasteiger partial charge in [-0.2, -0.15) is 0 Å². The molecule has 0 saturated heterocycles. The van der Waals surface area contributed by atoms with Gasteiger partial charge >= 0.3 is 0 Å². The number of alkyl halides is 1. The molecule has 1 aliphatic carbocycles. The Morgan fingerprint density at radius 2 is 2.31 bits per heavy atom. The zero-order chi connectivity index (χ0) is 11.0. The maximum absolute atomic E-state index is 5.41. The van der Waals surface area contributed by atoms with Gasteiger partial charge < -0.3 is 9.32 Å². The van der Waals surface area contributed by atoms with Gasteiger partial charge in [0.05, 0.1) is 11.6 Å². The highest BCUT2D eigenvalue weighted by Crippen LogP contribution is 2.34. The molecule has 16 heavy (non-hydrogen) atoms. The third-order valence-electron chi connectivity index (χ3n) is 2.94. The van der Waals surface area contributed by atoms with Gasteiger partial charge in [0.15, 0.2) is 0 Å². The van der Waals surface area contributed by atoms with E-state index in [1.807, 2.05) is 18.3 Å². The number of pyridine rings is 1. The van der Waals surface area contributed by atoms with Crippen LogP contribution in [0.15, 0.2) is 29.0 Å². The minimum Gasteiger partial charge on any atom is -0.464 e. The summed E-state index contributed by atoms with van der Waals surface area (Å²) in [4.78, 5) is 6.89. The second kappa shape index (κ2) is 4.09. The Kier molecular flexibility index (Phi) is 2.59. The largest absolute Gasteiger partial charge is 0.464 e. The first kappa shape index (κ1) is 10.1. The molecule has 1 fully saturated rings. The fraction of sp³-hybridized carbons (Fsp3) is 0.417. The Labute approximate surface area is 103 Å². The molecule has 0 bridgehead atoms. The number of halogens is 1. The van der Waals surface area contributed by atoms with Crippen molar-refractivity contribution in [1.82, 2.24) is 4.98 Å². The van der Waals surface area contributed by atoms with Crippen LogP contribution in [0, 0.1) is 0 Å². The van der Waals surface area contributed by atoms with E-state index in [1.54, 1.807) is 6.26 Å². The number of rotatable bonds is 4. The number of aromatic nitrogens is 1. The van der Waals surface area contributed by atoms with E-state index in [-0.39, 0.29) is 0 Å². The number of hydrogen-bond acceptors (Lipinski definition) is 3. The SMILES string of the molecule is BrCCN(c1nccc2occc12)C1CC1. The Morgan fingerprint density at radius 3 is 3.06 bits per heavy atom. The van der Waals surface area contributed by atoms with Crippen LogP contribution in [0.3, 0.4) is 0 Å². The van der Waals surface area contributed by atoms with Gasteiger partial charge in [0.25, 0.3) is 0 Å². The third-order valence-corrected chi connectivity index (χ3v) is 3.30. The summed E-state index contributed by atoms with van der Waals surface area (Å²) >= 11 is 3.51. The minimum absolute atomic E-state index is 0.672. The van der Waals surface area contributed by atoms with Crippen LogP contribution in [0.4, 0.5) is 5.82 Å². The van der Waals surface area contributed by atoms with Gasteiger partial charge in [-0.05, 0) is 25.0 Å². The van der Waals surface area contributed by atoms with Crippen LogP contribution in [0.5, 0.6) is 0 Å². The van der Waals surface area contributed by atoms with Crippen molar-refractivity contribution in [2.45, 2.75) is 18.9 Å². The first-order valence-corrected chi connectivity index (χ1v) is 6.67. The molecule has 0 radical (unpaired) electrons. The Hall–Kier alpha value is -1.03. The molecule has 3 nitrogen and oxygen atoms in total. The summed E-state index contributed by atoms with van der Waals surface area (Å²) in [6.07, 6.45) is 6.12. The van der Waals surface area contributed by atoms with E-state index >= 15 is 0 Å². The predicted octanol–water partition coefficient (Wildman–Crippen LogP) is 3.19. The van der Waals surface area contributed by atoms with Gasteiger partial charge in [-0.1, -0.05) is 15.9 Å². The molecule has 2 heterocycles. The normalized spacial score (nSPS) is 15.6. The fourth-order valence-corrected chi connectivity index (χ4v) is 2.43. The van der Waals surface area contributed by atoms with Gasteiger partial charge in [-0.3, -0.25) is 0 Å². The summed E-state index contributed by atoms with van der Waals surface area (Å²) in [6.45, 7) is 1.00. The number of hydrogen-bond donors (Lipinski definition) is 0. The lowest BCUT2D eigenvalue weighted by Crippen LogP contribution is -2.28. The molecule has 1 saturated carbocycles. The summed E-state index contributed by atoms with van der Waals surface area (Å²) in [7, 11) is 0. The maximum Gasteiger partial charge on any atom is 0.139 e. The first-order chi connectivity index (χ1) is 7.90. The van der Waals surface area contributed by atoms with E-state index in [9.17, 15) is 0 Å². The zero-order valence-corrected chi connectivity index (χ0v) is 10.5. The van der Waals surface area contributed by atoms with Crippen LogP contribution in [0.2, 0.25) is 0 Å². The van der Waals surface area contributed by atoms with Gasteiger partial charge in [0, 0.05) is 24.1 Å². The highest BCUT2D eigenvalue weighted by atomic mass is 79.9. The van der Waals surface area contributed by atoms with Crippen molar-refractivity contribution in [2.75, 3.05) is 16.8 Å². The molecular formula is C12H13BrN2O. The van der Waals surface area contributed by atoms with Crippen LogP contribution in [0.25, 0.3) is 11.0 Å². The highest BCUT2D eigenvalue weighted by molar-refractivity contribution is 9.09. The molecule has 4 heteroatoms. The molecule has 3 rings (SSSR count). The number of fused-ring (bicyclic) bond motifs is 1. The molecule has 84 valence electrons. The van der Waals surface area contributed by atoms with Crippen molar-refractivity contribution in [3.63, 3.8) is 0 Å². The van der Waals surface area contributed by atoms with Gasteiger partial charge in [-0.15, -0.1) is 0 Å². The van der Waals surface area contributed by atoms with E-state index in [1.165, 1.54) is 12.8 Å². The fourth-order valence-electron chi connectivity index (χ4n) is 2.05. The minimum atomic E-state index is 0.672. The smallest absolute Gasteiger partial charge is 0.139 e. The van der Waals surface area contributed by atoms with Crippen molar-refractivity contribution < 1.29 is 4.42 Å². The van der Waals surface area contributed by atoms with Crippen LogP contribution < -0.4 is 4.90 Å². The number of nitrogens with zero attached hydrogens (tertiary/aromatic N) is 2. The standard InChI is InChI=1S/C12H13BrN2O/c13-5-7-15(9-1-2-9)12-10-4-8-16-11(10)3-6-14-12/h3-4,6,8-9H,1-2,5,7H2.